The van der Waals surface area contributed by atoms with Gasteiger partial charge in [-0.2, -0.15) is 5.10 Å². The zero-order valence-corrected chi connectivity index (χ0v) is 20.7. The Hall–Kier alpha value is -4.38. The molecule has 0 bridgehead atoms. The molecule has 0 radical (unpaired) electrons. The van der Waals surface area contributed by atoms with Crippen LogP contribution in [0.4, 0.5) is 23.7 Å². The second kappa shape index (κ2) is 9.73. The Balaban J connectivity index is 1.22. The van der Waals surface area contributed by atoms with Crippen LogP contribution in [0.2, 0.25) is 0 Å². The molecule has 0 unspecified atom stereocenters. The number of β-amino-alcohol motifs (C(OH)–C–C–N with tert-alkyl or cyclic N) is 1. The van der Waals surface area contributed by atoms with E-state index in [9.17, 15) is 27.9 Å². The summed E-state index contributed by atoms with van der Waals surface area (Å²) in [6, 6.07) is 13.3. The van der Waals surface area contributed by atoms with Crippen LogP contribution in [0.5, 0.6) is 0 Å². The highest BCUT2D eigenvalue weighted by atomic mass is 19.1. The number of likely N-dealkylation sites (tertiary alicyclic amines) is 1. The number of hydrogen-bond acceptors (Lipinski definition) is 4. The van der Waals surface area contributed by atoms with E-state index in [0.717, 1.165) is 18.2 Å². The number of aliphatic hydroxyl groups excluding tert-OH is 1. The maximum absolute atomic E-state index is 14.5. The lowest BCUT2D eigenvalue weighted by atomic mass is 10.0. The fourth-order valence-corrected chi connectivity index (χ4v) is 5.45. The molecule has 0 aliphatic carbocycles. The van der Waals surface area contributed by atoms with Crippen molar-refractivity contribution in [1.82, 2.24) is 19.6 Å². The van der Waals surface area contributed by atoms with Gasteiger partial charge in [0.25, 0.3) is 0 Å². The number of hydrogen-bond donors (Lipinski definition) is 1. The van der Waals surface area contributed by atoms with Crippen molar-refractivity contribution in [2.45, 2.75) is 18.6 Å². The van der Waals surface area contributed by atoms with Crippen LogP contribution >= 0.6 is 0 Å². The lowest BCUT2D eigenvalue weighted by molar-refractivity contribution is -0.132. The lowest BCUT2D eigenvalue weighted by Gasteiger charge is -2.27. The molecule has 200 valence electrons. The molecule has 8 nitrogen and oxygen atoms in total. The Kier molecular flexibility index (Phi) is 6.22. The van der Waals surface area contributed by atoms with Gasteiger partial charge in [0.2, 0.25) is 5.91 Å². The maximum Gasteiger partial charge on any atom is 0.325 e. The number of para-hydroxylation sites is 1. The third-order valence-corrected chi connectivity index (χ3v) is 7.30. The third kappa shape index (κ3) is 4.38. The quantitative estimate of drug-likeness (QED) is 0.419. The number of nitrogens with zero attached hydrogens (tertiary/aromatic N) is 5. The molecule has 39 heavy (non-hydrogen) atoms. The van der Waals surface area contributed by atoms with Crippen LogP contribution in [0.15, 0.2) is 66.9 Å². The molecule has 2 fully saturated rings. The van der Waals surface area contributed by atoms with E-state index in [1.807, 2.05) is 0 Å². The number of fused-ring (bicyclic) bond motifs is 1. The first-order chi connectivity index (χ1) is 18.8. The molecule has 0 saturated carbocycles. The first-order valence-electron chi connectivity index (χ1n) is 12.5. The minimum absolute atomic E-state index is 0.00665. The Morgan fingerprint density at radius 2 is 1.77 bits per heavy atom. The van der Waals surface area contributed by atoms with E-state index in [2.05, 4.69) is 5.10 Å². The Labute approximate surface area is 221 Å². The molecule has 3 heterocycles. The number of carbonyl (C=O) groups excluding carboxylic acids is 2. The Morgan fingerprint density at radius 3 is 2.59 bits per heavy atom. The van der Waals surface area contributed by atoms with E-state index in [4.69, 9.17) is 0 Å². The van der Waals surface area contributed by atoms with E-state index in [1.165, 1.54) is 25.4 Å². The number of urea groups is 1. The highest BCUT2D eigenvalue weighted by Crippen LogP contribution is 2.35. The van der Waals surface area contributed by atoms with Gasteiger partial charge >= 0.3 is 6.03 Å². The fraction of sp³-hybridized carbons (Fsp3) is 0.250. The Morgan fingerprint density at radius 1 is 0.974 bits per heavy atom. The normalized spacial score (nSPS) is 19.5. The number of aromatic nitrogens is 2. The molecule has 1 aromatic heterocycles. The van der Waals surface area contributed by atoms with Gasteiger partial charge < -0.3 is 14.9 Å². The van der Waals surface area contributed by atoms with Crippen LogP contribution < -0.4 is 4.90 Å². The van der Waals surface area contributed by atoms with E-state index < -0.39 is 41.5 Å². The third-order valence-electron chi connectivity index (χ3n) is 7.30. The molecule has 11 heteroatoms. The van der Waals surface area contributed by atoms with E-state index >= 15 is 0 Å². The summed E-state index contributed by atoms with van der Waals surface area (Å²) in [4.78, 5) is 30.9. The molecule has 2 aliphatic heterocycles. The Bertz CT molecular complexity index is 1590. The smallest absolute Gasteiger partial charge is 0.325 e. The van der Waals surface area contributed by atoms with Crippen molar-refractivity contribution in [3.05, 3.63) is 89.9 Å². The maximum atomic E-state index is 14.5. The summed E-state index contributed by atoms with van der Waals surface area (Å²) in [6.45, 7) is 0.248. The molecular weight excluding hydrogens is 511 g/mol. The topological polar surface area (TPSA) is 81.9 Å². The molecule has 3 aromatic carbocycles. The summed E-state index contributed by atoms with van der Waals surface area (Å²) in [5, 5.41) is 15.2. The second-order valence-electron chi connectivity index (χ2n) is 9.69. The highest BCUT2D eigenvalue weighted by Gasteiger charge is 2.39. The number of benzene rings is 3. The van der Waals surface area contributed by atoms with Crippen LogP contribution in [0, 0.1) is 17.5 Å². The van der Waals surface area contributed by atoms with Crippen molar-refractivity contribution in [1.29, 1.82) is 0 Å². The largest absolute Gasteiger partial charge is 0.391 e. The summed E-state index contributed by atoms with van der Waals surface area (Å²) < 4.78 is 44.2. The average Bonchev–Trinajstić information content (AvgIpc) is 3.63. The van der Waals surface area contributed by atoms with Crippen molar-refractivity contribution in [2.24, 2.45) is 0 Å². The second-order valence-corrected chi connectivity index (χ2v) is 9.69. The van der Waals surface area contributed by atoms with Crippen molar-refractivity contribution >= 4 is 28.5 Å². The van der Waals surface area contributed by atoms with Crippen LogP contribution in [-0.2, 0) is 4.79 Å². The molecule has 2 saturated heterocycles. The van der Waals surface area contributed by atoms with Gasteiger partial charge in [-0.3, -0.25) is 9.69 Å². The molecule has 2 aliphatic rings. The molecule has 3 amide bonds. The van der Waals surface area contributed by atoms with Gasteiger partial charge in [0.1, 0.15) is 29.7 Å². The number of halogens is 3. The van der Waals surface area contributed by atoms with Crippen LogP contribution in [0.3, 0.4) is 0 Å². The molecule has 1 N–H and O–H groups in total. The highest BCUT2D eigenvalue weighted by molar-refractivity contribution is 6.04. The molecular formula is C28H24F3N5O3. The van der Waals surface area contributed by atoms with Crippen molar-refractivity contribution in [3.63, 3.8) is 0 Å². The zero-order chi connectivity index (χ0) is 27.3. The monoisotopic (exact) mass is 535 g/mol. The van der Waals surface area contributed by atoms with Gasteiger partial charge in [-0.15, -0.1) is 0 Å². The number of anilines is 1. The van der Waals surface area contributed by atoms with Crippen molar-refractivity contribution in [2.75, 3.05) is 31.1 Å². The zero-order valence-electron chi connectivity index (χ0n) is 20.7. The van der Waals surface area contributed by atoms with Gasteiger partial charge in [0, 0.05) is 30.6 Å². The van der Waals surface area contributed by atoms with E-state index in [-0.39, 0.29) is 37.3 Å². The van der Waals surface area contributed by atoms with Crippen LogP contribution in [0.25, 0.3) is 16.6 Å². The minimum atomic E-state index is -0.893. The summed E-state index contributed by atoms with van der Waals surface area (Å²) in [7, 11) is 0. The molecule has 0 spiro atoms. The van der Waals surface area contributed by atoms with Crippen molar-refractivity contribution < 1.29 is 27.9 Å². The van der Waals surface area contributed by atoms with Gasteiger partial charge in [0.05, 0.1) is 29.5 Å². The standard InChI is InChI=1S/C28H24F3N5O3/c29-17-8-9-21(30)19(12-17)26-13-18(37)15-35(26)27(38)16-33-10-11-34(28(33)39)23-6-3-7-24-20(23)14-32-36(24)25-5-2-1-4-22(25)31/h1-9,12,14,18,26,37H,10-11,13,15-16H2/t18-,26-/m1/s1. The van der Waals surface area contributed by atoms with Gasteiger partial charge in [-0.1, -0.05) is 18.2 Å². The van der Waals surface area contributed by atoms with Crippen LogP contribution in [0.1, 0.15) is 18.0 Å². The van der Waals surface area contributed by atoms with Gasteiger partial charge in [0.15, 0.2) is 0 Å². The summed E-state index contributed by atoms with van der Waals surface area (Å²) in [6.07, 6.45) is 0.748. The fourth-order valence-electron chi connectivity index (χ4n) is 5.45. The molecule has 4 aromatic rings. The van der Waals surface area contributed by atoms with Crippen molar-refractivity contribution in [3.8, 4) is 5.69 Å². The molecule has 2 atom stereocenters. The lowest BCUT2D eigenvalue weighted by Crippen LogP contribution is -2.42. The SMILES string of the molecule is O=C1N(CC(=O)N2C[C@H](O)C[C@@H]2c2cc(F)ccc2F)CCN1c1cccc2c1cnn2-c1ccccc1F. The predicted molar refractivity (Wildman–Crippen MR) is 137 cm³/mol. The summed E-state index contributed by atoms with van der Waals surface area (Å²) in [5.74, 6) is -2.21. The number of aliphatic hydroxyl groups is 1. The number of amides is 3. The first kappa shape index (κ1) is 24.9. The van der Waals surface area contributed by atoms with Gasteiger partial charge in [-0.25, -0.2) is 22.6 Å². The summed E-state index contributed by atoms with van der Waals surface area (Å²) >= 11 is 0. The summed E-state index contributed by atoms with van der Waals surface area (Å²) in [5.41, 5.74) is 1.46. The molecule has 6 rings (SSSR count). The predicted octanol–water partition coefficient (Wildman–Crippen LogP) is 4.02. The van der Waals surface area contributed by atoms with E-state index in [1.54, 1.807) is 42.6 Å². The number of carbonyl (C=O) groups is 2. The van der Waals surface area contributed by atoms with Gasteiger partial charge in [-0.05, 0) is 48.9 Å². The first-order valence-corrected chi connectivity index (χ1v) is 12.5. The minimum Gasteiger partial charge on any atom is -0.391 e. The van der Waals surface area contributed by atoms with E-state index in [0.29, 0.717) is 23.1 Å². The van der Waals surface area contributed by atoms with Crippen LogP contribution in [-0.4, -0.2) is 68.9 Å². The number of rotatable bonds is 5. The average molecular weight is 536 g/mol.